The van der Waals surface area contributed by atoms with Gasteiger partial charge in [-0.2, -0.15) is 0 Å². The van der Waals surface area contributed by atoms with Crippen molar-refractivity contribution in [3.05, 3.63) is 65.2 Å². The molecule has 2 unspecified atom stereocenters. The molecule has 0 fully saturated rings. The highest BCUT2D eigenvalue weighted by atomic mass is 16.5. The lowest BCUT2D eigenvalue weighted by atomic mass is 10.00. The molecule has 2 atom stereocenters. The number of carbonyl (C=O) groups excluding carboxylic acids is 1. The van der Waals surface area contributed by atoms with Crippen molar-refractivity contribution in [1.29, 1.82) is 0 Å². The number of nitrogen functional groups attached to an aromatic ring is 1. The Labute approximate surface area is 147 Å². The van der Waals surface area contributed by atoms with Crippen molar-refractivity contribution in [2.75, 3.05) is 12.3 Å². The second kappa shape index (κ2) is 9.05. The van der Waals surface area contributed by atoms with Gasteiger partial charge < -0.3 is 26.0 Å². The van der Waals surface area contributed by atoms with Crippen LogP contribution in [0.15, 0.2) is 48.5 Å². The Balaban J connectivity index is 1.82. The number of nitrogens with two attached hydrogens (primary N) is 1. The molecule has 0 radical (unpaired) electrons. The lowest BCUT2D eigenvalue weighted by Crippen LogP contribution is -2.35. The molecule has 2 aromatic carbocycles. The number of hydrogen-bond donors (Lipinski definition) is 4. The van der Waals surface area contributed by atoms with Crippen LogP contribution in [0.5, 0.6) is 0 Å². The van der Waals surface area contributed by atoms with Gasteiger partial charge in [-0.3, -0.25) is 0 Å². The number of aliphatic hydroxyl groups is 2. The number of aliphatic hydroxyl groups excluding tert-OH is 2. The van der Waals surface area contributed by atoms with E-state index in [2.05, 4.69) is 5.32 Å². The zero-order valence-corrected chi connectivity index (χ0v) is 14.2. The second-order valence-electron chi connectivity index (χ2n) is 5.77. The van der Waals surface area contributed by atoms with Crippen LogP contribution < -0.4 is 11.1 Å². The summed E-state index contributed by atoms with van der Waals surface area (Å²) in [6.07, 6.45) is -2.20. The highest BCUT2D eigenvalue weighted by Crippen LogP contribution is 2.22. The molecule has 5 N–H and O–H groups in total. The molecular weight excluding hydrogens is 320 g/mol. The summed E-state index contributed by atoms with van der Waals surface area (Å²) in [5.74, 6) is 0. The Bertz CT molecular complexity index is 691. The van der Waals surface area contributed by atoms with E-state index in [0.29, 0.717) is 11.3 Å². The molecule has 2 rings (SSSR count). The van der Waals surface area contributed by atoms with Gasteiger partial charge in [-0.15, -0.1) is 0 Å². The van der Waals surface area contributed by atoms with Crippen LogP contribution in [0.1, 0.15) is 29.7 Å². The molecule has 0 aliphatic carbocycles. The topological polar surface area (TPSA) is 105 Å². The fourth-order valence-electron chi connectivity index (χ4n) is 2.41. The number of anilines is 1. The van der Waals surface area contributed by atoms with E-state index in [9.17, 15) is 15.0 Å². The summed E-state index contributed by atoms with van der Waals surface area (Å²) in [6.45, 7) is 1.98. The maximum atomic E-state index is 11.7. The Hall–Kier alpha value is -2.57. The van der Waals surface area contributed by atoms with Crippen molar-refractivity contribution >= 4 is 11.8 Å². The summed E-state index contributed by atoms with van der Waals surface area (Å²) in [7, 11) is 0. The summed E-state index contributed by atoms with van der Waals surface area (Å²) >= 11 is 0. The SMILES string of the molecule is CCc1cc(C(O)C(O)CNC(=O)OCc2ccccc2)ccc1N. The van der Waals surface area contributed by atoms with Gasteiger partial charge in [0.25, 0.3) is 0 Å². The maximum absolute atomic E-state index is 11.7. The van der Waals surface area contributed by atoms with Gasteiger partial charge in [0, 0.05) is 12.2 Å². The molecule has 2 aromatic rings. The molecule has 6 heteroatoms. The van der Waals surface area contributed by atoms with Crippen molar-refractivity contribution in [2.45, 2.75) is 32.2 Å². The number of alkyl carbamates (subject to hydrolysis) is 1. The highest BCUT2D eigenvalue weighted by molar-refractivity contribution is 5.67. The predicted octanol–water partition coefficient (Wildman–Crippen LogP) is 2.15. The van der Waals surface area contributed by atoms with Crippen LogP contribution in [0.4, 0.5) is 10.5 Å². The summed E-state index contributed by atoms with van der Waals surface area (Å²) < 4.78 is 5.06. The molecule has 0 saturated heterocycles. The van der Waals surface area contributed by atoms with E-state index < -0.39 is 18.3 Å². The van der Waals surface area contributed by atoms with Crippen LogP contribution in [0, 0.1) is 0 Å². The summed E-state index contributed by atoms with van der Waals surface area (Å²) in [6, 6.07) is 14.4. The first-order valence-electron chi connectivity index (χ1n) is 8.20. The van der Waals surface area contributed by atoms with Gasteiger partial charge in [0.15, 0.2) is 0 Å². The number of amides is 1. The minimum atomic E-state index is -1.15. The van der Waals surface area contributed by atoms with Crippen molar-refractivity contribution in [1.82, 2.24) is 5.32 Å². The molecule has 0 spiro atoms. The van der Waals surface area contributed by atoms with E-state index in [1.807, 2.05) is 37.3 Å². The van der Waals surface area contributed by atoms with Crippen LogP contribution in [-0.2, 0) is 17.8 Å². The normalized spacial score (nSPS) is 13.1. The molecular formula is C19H24N2O4. The zero-order chi connectivity index (χ0) is 18.2. The smallest absolute Gasteiger partial charge is 0.407 e. The van der Waals surface area contributed by atoms with Gasteiger partial charge in [-0.1, -0.05) is 49.4 Å². The van der Waals surface area contributed by atoms with Crippen molar-refractivity contribution < 1.29 is 19.7 Å². The van der Waals surface area contributed by atoms with E-state index in [1.54, 1.807) is 18.2 Å². The lowest BCUT2D eigenvalue weighted by Gasteiger charge is -2.19. The Morgan fingerprint density at radius 3 is 2.60 bits per heavy atom. The monoisotopic (exact) mass is 344 g/mol. The molecule has 1 amide bonds. The first-order valence-corrected chi connectivity index (χ1v) is 8.20. The Morgan fingerprint density at radius 1 is 1.20 bits per heavy atom. The summed E-state index contributed by atoms with van der Waals surface area (Å²) in [4.78, 5) is 11.7. The fraction of sp³-hybridized carbons (Fsp3) is 0.316. The van der Waals surface area contributed by atoms with E-state index in [4.69, 9.17) is 10.5 Å². The Kier molecular flexibility index (Phi) is 6.80. The predicted molar refractivity (Wildman–Crippen MR) is 95.8 cm³/mol. The molecule has 25 heavy (non-hydrogen) atoms. The molecule has 0 saturated carbocycles. The van der Waals surface area contributed by atoms with Crippen LogP contribution in [-0.4, -0.2) is 29.0 Å². The lowest BCUT2D eigenvalue weighted by molar-refractivity contribution is 0.0184. The molecule has 0 heterocycles. The fourth-order valence-corrected chi connectivity index (χ4v) is 2.41. The first kappa shape index (κ1) is 18.8. The van der Waals surface area contributed by atoms with E-state index in [1.165, 1.54) is 0 Å². The maximum Gasteiger partial charge on any atom is 0.407 e. The summed E-state index contributed by atoms with van der Waals surface area (Å²) in [5, 5.41) is 22.8. The second-order valence-corrected chi connectivity index (χ2v) is 5.77. The van der Waals surface area contributed by atoms with Crippen LogP contribution in [0.2, 0.25) is 0 Å². The Morgan fingerprint density at radius 2 is 1.92 bits per heavy atom. The quantitative estimate of drug-likeness (QED) is 0.576. The highest BCUT2D eigenvalue weighted by Gasteiger charge is 2.20. The molecule has 0 aromatic heterocycles. The number of carbonyl (C=O) groups is 1. The number of hydrogen-bond acceptors (Lipinski definition) is 5. The molecule has 134 valence electrons. The molecule has 6 nitrogen and oxygen atoms in total. The van der Waals surface area contributed by atoms with E-state index in [0.717, 1.165) is 17.5 Å². The van der Waals surface area contributed by atoms with Crippen LogP contribution in [0.25, 0.3) is 0 Å². The number of benzene rings is 2. The number of ether oxygens (including phenoxy) is 1. The number of rotatable bonds is 7. The van der Waals surface area contributed by atoms with Crippen molar-refractivity contribution in [3.8, 4) is 0 Å². The average Bonchev–Trinajstić information content (AvgIpc) is 2.65. The minimum absolute atomic E-state index is 0.124. The summed E-state index contributed by atoms with van der Waals surface area (Å²) in [5.41, 5.74) is 8.81. The largest absolute Gasteiger partial charge is 0.445 e. The van der Waals surface area contributed by atoms with Gasteiger partial charge in [0.1, 0.15) is 18.8 Å². The van der Waals surface area contributed by atoms with E-state index >= 15 is 0 Å². The standard InChI is InChI=1S/C19H24N2O4/c1-2-14-10-15(8-9-16(14)20)18(23)17(22)11-21-19(24)25-12-13-6-4-3-5-7-13/h3-10,17-18,22-23H,2,11-12,20H2,1H3,(H,21,24). The van der Waals surface area contributed by atoms with Gasteiger partial charge in [-0.05, 0) is 29.2 Å². The minimum Gasteiger partial charge on any atom is -0.445 e. The molecule has 0 aliphatic heterocycles. The first-order chi connectivity index (χ1) is 12.0. The number of aryl methyl sites for hydroxylation is 1. The van der Waals surface area contributed by atoms with Gasteiger partial charge in [-0.25, -0.2) is 4.79 Å². The van der Waals surface area contributed by atoms with Crippen molar-refractivity contribution in [2.24, 2.45) is 0 Å². The third-order valence-corrected chi connectivity index (χ3v) is 3.92. The van der Waals surface area contributed by atoms with Gasteiger partial charge in [0.2, 0.25) is 0 Å². The average molecular weight is 344 g/mol. The number of nitrogens with one attached hydrogen (secondary N) is 1. The van der Waals surface area contributed by atoms with Crippen LogP contribution >= 0.6 is 0 Å². The van der Waals surface area contributed by atoms with Crippen LogP contribution in [0.3, 0.4) is 0 Å². The zero-order valence-electron chi connectivity index (χ0n) is 14.2. The van der Waals surface area contributed by atoms with E-state index in [-0.39, 0.29) is 13.2 Å². The third kappa shape index (κ3) is 5.48. The third-order valence-electron chi connectivity index (χ3n) is 3.92. The van der Waals surface area contributed by atoms with Crippen molar-refractivity contribution in [3.63, 3.8) is 0 Å². The van der Waals surface area contributed by atoms with Gasteiger partial charge in [0.05, 0.1) is 0 Å². The molecule has 0 bridgehead atoms. The van der Waals surface area contributed by atoms with Gasteiger partial charge >= 0.3 is 6.09 Å². The molecule has 0 aliphatic rings.